The van der Waals surface area contributed by atoms with Gasteiger partial charge in [0.1, 0.15) is 5.56 Å². The number of hydrogen-bond donors (Lipinski definition) is 2. The van der Waals surface area contributed by atoms with E-state index in [2.05, 4.69) is 10.3 Å². The molecule has 0 aliphatic carbocycles. The topological polar surface area (TPSA) is 80.4 Å². The summed E-state index contributed by atoms with van der Waals surface area (Å²) >= 11 is 0. The van der Waals surface area contributed by atoms with Crippen molar-refractivity contribution in [2.24, 2.45) is 0 Å². The molecule has 0 radical (unpaired) electrons. The van der Waals surface area contributed by atoms with Gasteiger partial charge in [-0.3, -0.25) is 9.59 Å². The van der Waals surface area contributed by atoms with Crippen LogP contribution in [0.2, 0.25) is 0 Å². The lowest BCUT2D eigenvalue weighted by molar-refractivity contribution is 0.0949. The number of para-hydroxylation sites is 1. The standard InChI is InChI=1S/C15H14N2O4/c1-9-5-12(18)11(7-16-9)15(19)17-6-10-3-2-4-13-14(10)21-8-20-13/h2-5,7H,6,8H2,1H3,(H,16,18)(H,17,19). The molecule has 2 aromatic rings. The number of rotatable bonds is 3. The van der Waals surface area contributed by atoms with E-state index >= 15 is 0 Å². The molecule has 6 heteroatoms. The number of hydrogen-bond acceptors (Lipinski definition) is 4. The third kappa shape index (κ3) is 2.60. The Balaban J connectivity index is 1.75. The zero-order chi connectivity index (χ0) is 14.8. The maximum atomic E-state index is 12.0. The van der Waals surface area contributed by atoms with E-state index in [-0.39, 0.29) is 24.3 Å². The van der Waals surface area contributed by atoms with Crippen LogP contribution in [0.5, 0.6) is 11.5 Å². The Kier molecular flexibility index (Phi) is 3.35. The van der Waals surface area contributed by atoms with E-state index in [1.165, 1.54) is 12.3 Å². The number of fused-ring (bicyclic) bond motifs is 1. The largest absolute Gasteiger partial charge is 0.454 e. The van der Waals surface area contributed by atoms with Crippen molar-refractivity contribution in [1.29, 1.82) is 0 Å². The smallest absolute Gasteiger partial charge is 0.257 e. The van der Waals surface area contributed by atoms with Gasteiger partial charge >= 0.3 is 0 Å². The average molecular weight is 286 g/mol. The van der Waals surface area contributed by atoms with E-state index in [9.17, 15) is 9.59 Å². The van der Waals surface area contributed by atoms with Crippen LogP contribution in [0.3, 0.4) is 0 Å². The Morgan fingerprint density at radius 1 is 1.38 bits per heavy atom. The van der Waals surface area contributed by atoms with Gasteiger partial charge in [-0.15, -0.1) is 0 Å². The summed E-state index contributed by atoms with van der Waals surface area (Å²) in [5.41, 5.74) is 1.30. The molecule has 21 heavy (non-hydrogen) atoms. The minimum atomic E-state index is -0.423. The van der Waals surface area contributed by atoms with Gasteiger partial charge in [-0.1, -0.05) is 12.1 Å². The summed E-state index contributed by atoms with van der Waals surface area (Å²) in [6.45, 7) is 2.20. The number of benzene rings is 1. The van der Waals surface area contributed by atoms with Crippen molar-refractivity contribution in [3.8, 4) is 11.5 Å². The van der Waals surface area contributed by atoms with Gasteiger partial charge in [-0.25, -0.2) is 0 Å². The zero-order valence-electron chi connectivity index (χ0n) is 11.4. The molecule has 1 aliphatic heterocycles. The SMILES string of the molecule is Cc1cc(=O)c(C(=O)NCc2cccc3c2OCO3)c[nH]1. The van der Waals surface area contributed by atoms with E-state index < -0.39 is 5.91 Å². The molecule has 0 unspecified atom stereocenters. The zero-order valence-corrected chi connectivity index (χ0v) is 11.4. The second kappa shape index (κ2) is 5.32. The van der Waals surface area contributed by atoms with Crippen molar-refractivity contribution < 1.29 is 14.3 Å². The highest BCUT2D eigenvalue weighted by Gasteiger charge is 2.18. The van der Waals surface area contributed by atoms with E-state index in [0.717, 1.165) is 5.56 Å². The number of pyridine rings is 1. The van der Waals surface area contributed by atoms with Crippen LogP contribution in [0.15, 0.2) is 35.3 Å². The van der Waals surface area contributed by atoms with Crippen molar-refractivity contribution >= 4 is 5.91 Å². The molecule has 2 heterocycles. The molecule has 1 aliphatic rings. The first kappa shape index (κ1) is 13.2. The van der Waals surface area contributed by atoms with Crippen molar-refractivity contribution in [3.05, 3.63) is 57.5 Å². The first-order valence-corrected chi connectivity index (χ1v) is 6.50. The van der Waals surface area contributed by atoms with Gasteiger partial charge in [0, 0.05) is 30.1 Å². The molecular formula is C15H14N2O4. The Hall–Kier alpha value is -2.76. The highest BCUT2D eigenvalue weighted by Crippen LogP contribution is 2.35. The molecule has 0 spiro atoms. The summed E-state index contributed by atoms with van der Waals surface area (Å²) in [6, 6.07) is 6.87. The molecule has 6 nitrogen and oxygen atoms in total. The summed E-state index contributed by atoms with van der Waals surface area (Å²) in [7, 11) is 0. The fraction of sp³-hybridized carbons (Fsp3) is 0.200. The Labute approximate surface area is 120 Å². The first-order valence-electron chi connectivity index (χ1n) is 6.50. The van der Waals surface area contributed by atoms with Gasteiger partial charge in [0.2, 0.25) is 6.79 Å². The predicted octanol–water partition coefficient (Wildman–Crippen LogP) is 1.34. The molecule has 0 saturated carbocycles. The molecule has 0 fully saturated rings. The van der Waals surface area contributed by atoms with Crippen molar-refractivity contribution in [1.82, 2.24) is 10.3 Å². The minimum Gasteiger partial charge on any atom is -0.454 e. The van der Waals surface area contributed by atoms with E-state index in [1.807, 2.05) is 12.1 Å². The number of ether oxygens (including phenoxy) is 2. The third-order valence-corrected chi connectivity index (χ3v) is 3.22. The van der Waals surface area contributed by atoms with E-state index in [4.69, 9.17) is 9.47 Å². The lowest BCUT2D eigenvalue weighted by atomic mass is 10.1. The fourth-order valence-corrected chi connectivity index (χ4v) is 2.15. The first-order chi connectivity index (χ1) is 10.1. The number of aryl methyl sites for hydroxylation is 1. The number of nitrogens with one attached hydrogen (secondary N) is 2. The quantitative estimate of drug-likeness (QED) is 0.892. The van der Waals surface area contributed by atoms with Crippen molar-refractivity contribution in [2.45, 2.75) is 13.5 Å². The second-order valence-corrected chi connectivity index (χ2v) is 4.73. The van der Waals surface area contributed by atoms with Crippen LogP contribution in [0.25, 0.3) is 0 Å². The molecule has 0 bridgehead atoms. The molecule has 1 amide bonds. The third-order valence-electron chi connectivity index (χ3n) is 3.22. The summed E-state index contributed by atoms with van der Waals surface area (Å²) < 4.78 is 10.6. The van der Waals surface area contributed by atoms with Crippen LogP contribution in [0.4, 0.5) is 0 Å². The Morgan fingerprint density at radius 3 is 3.05 bits per heavy atom. The highest BCUT2D eigenvalue weighted by molar-refractivity contribution is 5.93. The molecule has 0 saturated heterocycles. The number of H-pyrrole nitrogens is 1. The number of amides is 1. The summed E-state index contributed by atoms with van der Waals surface area (Å²) in [5.74, 6) is 0.873. The van der Waals surface area contributed by atoms with Crippen molar-refractivity contribution in [2.75, 3.05) is 6.79 Å². The summed E-state index contributed by atoms with van der Waals surface area (Å²) in [4.78, 5) is 26.7. The van der Waals surface area contributed by atoms with Crippen LogP contribution in [-0.4, -0.2) is 17.7 Å². The number of aromatic amines is 1. The molecule has 1 aromatic carbocycles. The van der Waals surface area contributed by atoms with E-state index in [1.54, 1.807) is 13.0 Å². The maximum absolute atomic E-state index is 12.0. The summed E-state index contributed by atoms with van der Waals surface area (Å²) in [5, 5.41) is 2.71. The maximum Gasteiger partial charge on any atom is 0.257 e. The highest BCUT2D eigenvalue weighted by atomic mass is 16.7. The van der Waals surface area contributed by atoms with Gasteiger partial charge in [-0.2, -0.15) is 0 Å². The Morgan fingerprint density at radius 2 is 2.24 bits per heavy atom. The van der Waals surface area contributed by atoms with Crippen LogP contribution in [-0.2, 0) is 6.54 Å². The molecule has 0 atom stereocenters. The molecule has 2 N–H and O–H groups in total. The average Bonchev–Trinajstić information content (AvgIpc) is 2.93. The molecule has 108 valence electrons. The normalized spacial score (nSPS) is 12.2. The van der Waals surface area contributed by atoms with Crippen LogP contribution in [0, 0.1) is 6.92 Å². The van der Waals surface area contributed by atoms with Gasteiger partial charge in [0.05, 0.1) is 0 Å². The number of aromatic nitrogens is 1. The van der Waals surface area contributed by atoms with Crippen LogP contribution < -0.4 is 20.2 Å². The second-order valence-electron chi connectivity index (χ2n) is 4.73. The predicted molar refractivity (Wildman–Crippen MR) is 75.5 cm³/mol. The number of carbonyl (C=O) groups excluding carboxylic acids is 1. The van der Waals surface area contributed by atoms with E-state index in [0.29, 0.717) is 17.2 Å². The van der Waals surface area contributed by atoms with Gasteiger partial charge in [0.25, 0.3) is 5.91 Å². The monoisotopic (exact) mass is 286 g/mol. The van der Waals surface area contributed by atoms with Crippen LogP contribution >= 0.6 is 0 Å². The summed E-state index contributed by atoms with van der Waals surface area (Å²) in [6.07, 6.45) is 1.42. The minimum absolute atomic E-state index is 0.0883. The van der Waals surface area contributed by atoms with Gasteiger partial charge in [-0.05, 0) is 13.0 Å². The lowest BCUT2D eigenvalue weighted by Gasteiger charge is -2.07. The lowest BCUT2D eigenvalue weighted by Crippen LogP contribution is -2.28. The molecule has 3 rings (SSSR count). The van der Waals surface area contributed by atoms with Gasteiger partial charge in [0.15, 0.2) is 16.9 Å². The van der Waals surface area contributed by atoms with Gasteiger partial charge < -0.3 is 19.8 Å². The van der Waals surface area contributed by atoms with Crippen LogP contribution in [0.1, 0.15) is 21.6 Å². The molecule has 1 aromatic heterocycles. The number of carbonyl (C=O) groups is 1. The molecular weight excluding hydrogens is 272 g/mol. The fourth-order valence-electron chi connectivity index (χ4n) is 2.15. The van der Waals surface area contributed by atoms with Crippen molar-refractivity contribution in [3.63, 3.8) is 0 Å². The Bertz CT molecular complexity index is 752.